The van der Waals surface area contributed by atoms with E-state index in [4.69, 9.17) is 23.2 Å². The van der Waals surface area contributed by atoms with E-state index < -0.39 is 12.6 Å². The topological polar surface area (TPSA) is 51.1 Å². The van der Waals surface area contributed by atoms with Crippen LogP contribution < -0.4 is 10.9 Å². The number of hydrogen-bond acceptors (Lipinski definition) is 3. The highest BCUT2D eigenvalue weighted by molar-refractivity contribution is 7.18. The van der Waals surface area contributed by atoms with Crippen molar-refractivity contribution in [1.29, 1.82) is 0 Å². The SMILES string of the molecule is O=C(Nc1ccc(=O)n(CCF)c1)c1cc(Cl)c(Cl)s1. The number of carbonyl (C=O) groups excluding carboxylic acids is 1. The number of nitrogens with one attached hydrogen (secondary N) is 1. The van der Waals surface area contributed by atoms with Gasteiger partial charge in [0.25, 0.3) is 11.5 Å². The number of alkyl halides is 1. The van der Waals surface area contributed by atoms with Crippen LogP contribution in [0.2, 0.25) is 9.36 Å². The van der Waals surface area contributed by atoms with Crippen LogP contribution in [0.5, 0.6) is 0 Å². The molecule has 8 heteroatoms. The Morgan fingerprint density at radius 1 is 1.40 bits per heavy atom. The standard InChI is InChI=1S/C12H9Cl2FN2O2S/c13-8-5-9(20-11(8)14)12(19)16-7-1-2-10(18)17(6-7)4-3-15/h1-2,5-6H,3-4H2,(H,16,19). The molecule has 0 bridgehead atoms. The lowest BCUT2D eigenvalue weighted by Crippen LogP contribution is -2.21. The fourth-order valence-corrected chi connectivity index (χ4v) is 2.79. The third kappa shape index (κ3) is 3.39. The molecule has 2 aromatic rings. The molecule has 0 fully saturated rings. The predicted molar refractivity (Wildman–Crippen MR) is 79.0 cm³/mol. The molecule has 0 saturated heterocycles. The van der Waals surface area contributed by atoms with Crippen molar-refractivity contribution in [2.75, 3.05) is 12.0 Å². The van der Waals surface area contributed by atoms with Gasteiger partial charge >= 0.3 is 0 Å². The molecule has 0 atom stereocenters. The minimum atomic E-state index is -0.659. The normalized spacial score (nSPS) is 10.6. The summed E-state index contributed by atoms with van der Waals surface area (Å²) in [7, 11) is 0. The zero-order valence-electron chi connectivity index (χ0n) is 10.0. The molecule has 1 amide bonds. The molecule has 0 saturated carbocycles. The summed E-state index contributed by atoms with van der Waals surface area (Å²) in [5.41, 5.74) is 0.0616. The van der Waals surface area contributed by atoms with Crippen molar-refractivity contribution in [1.82, 2.24) is 4.57 Å². The average molecular weight is 335 g/mol. The molecular weight excluding hydrogens is 326 g/mol. The van der Waals surface area contributed by atoms with Crippen LogP contribution in [0.15, 0.2) is 29.2 Å². The van der Waals surface area contributed by atoms with E-state index in [0.29, 0.717) is 19.9 Å². The van der Waals surface area contributed by atoms with Crippen LogP contribution in [-0.4, -0.2) is 17.1 Å². The van der Waals surface area contributed by atoms with E-state index in [1.165, 1.54) is 29.0 Å². The number of halogens is 3. The highest BCUT2D eigenvalue weighted by Gasteiger charge is 2.13. The second kappa shape index (κ2) is 6.39. The molecule has 106 valence electrons. The molecule has 2 rings (SSSR count). The van der Waals surface area contributed by atoms with Crippen molar-refractivity contribution in [3.05, 3.63) is 49.0 Å². The number of anilines is 1. The second-order valence-electron chi connectivity index (χ2n) is 3.82. The Bertz CT molecular complexity index is 680. The van der Waals surface area contributed by atoms with Crippen molar-refractivity contribution < 1.29 is 9.18 Å². The van der Waals surface area contributed by atoms with E-state index in [9.17, 15) is 14.0 Å². The Morgan fingerprint density at radius 3 is 2.75 bits per heavy atom. The Kier molecular flexibility index (Phi) is 4.80. The first-order valence-electron chi connectivity index (χ1n) is 5.54. The third-order valence-corrected chi connectivity index (χ3v) is 4.30. The van der Waals surface area contributed by atoms with Gasteiger partial charge < -0.3 is 9.88 Å². The highest BCUT2D eigenvalue weighted by atomic mass is 35.5. The fraction of sp³-hybridized carbons (Fsp3) is 0.167. The predicted octanol–water partition coefficient (Wildman–Crippen LogP) is 3.44. The number of hydrogen-bond donors (Lipinski definition) is 1. The molecule has 0 aliphatic carbocycles. The maximum atomic E-state index is 12.3. The lowest BCUT2D eigenvalue weighted by atomic mass is 10.3. The average Bonchev–Trinajstić information content (AvgIpc) is 2.74. The van der Waals surface area contributed by atoms with Crippen molar-refractivity contribution in [2.24, 2.45) is 0 Å². The summed E-state index contributed by atoms with van der Waals surface area (Å²) in [6.07, 6.45) is 1.39. The van der Waals surface area contributed by atoms with Crippen molar-refractivity contribution in [3.63, 3.8) is 0 Å². The van der Waals surface area contributed by atoms with Crippen LogP contribution in [0.3, 0.4) is 0 Å². The minimum absolute atomic E-state index is 0.0563. The van der Waals surface area contributed by atoms with E-state index in [2.05, 4.69) is 5.32 Å². The smallest absolute Gasteiger partial charge is 0.265 e. The number of nitrogens with zero attached hydrogens (tertiary/aromatic N) is 1. The van der Waals surface area contributed by atoms with Gasteiger partial charge in [-0.1, -0.05) is 23.2 Å². The maximum absolute atomic E-state index is 12.3. The summed E-state index contributed by atoms with van der Waals surface area (Å²) < 4.78 is 13.8. The number of aromatic nitrogens is 1. The zero-order chi connectivity index (χ0) is 14.7. The Hall–Kier alpha value is -1.37. The molecule has 2 aromatic heterocycles. The van der Waals surface area contributed by atoms with Gasteiger partial charge in [0.15, 0.2) is 0 Å². The van der Waals surface area contributed by atoms with Crippen LogP contribution >= 0.6 is 34.5 Å². The monoisotopic (exact) mass is 334 g/mol. The summed E-state index contributed by atoms with van der Waals surface area (Å²) in [6, 6.07) is 4.17. The third-order valence-electron chi connectivity index (χ3n) is 2.44. The summed E-state index contributed by atoms with van der Waals surface area (Å²) in [5.74, 6) is -0.394. The molecule has 20 heavy (non-hydrogen) atoms. The van der Waals surface area contributed by atoms with Gasteiger partial charge in [-0.3, -0.25) is 9.59 Å². The van der Waals surface area contributed by atoms with Gasteiger partial charge in [0.05, 0.1) is 22.1 Å². The summed E-state index contributed by atoms with van der Waals surface area (Å²) in [5, 5.41) is 2.91. The van der Waals surface area contributed by atoms with Gasteiger partial charge in [-0.2, -0.15) is 0 Å². The van der Waals surface area contributed by atoms with Crippen molar-refractivity contribution in [3.8, 4) is 0 Å². The first-order valence-corrected chi connectivity index (χ1v) is 7.11. The van der Waals surface area contributed by atoms with Crippen LogP contribution in [-0.2, 0) is 6.54 Å². The highest BCUT2D eigenvalue weighted by Crippen LogP contribution is 2.31. The fourth-order valence-electron chi connectivity index (χ4n) is 1.52. The van der Waals surface area contributed by atoms with Gasteiger partial charge in [0, 0.05) is 12.3 Å². The van der Waals surface area contributed by atoms with E-state index in [0.717, 1.165) is 11.3 Å². The van der Waals surface area contributed by atoms with E-state index in [1.54, 1.807) is 0 Å². The van der Waals surface area contributed by atoms with E-state index >= 15 is 0 Å². The lowest BCUT2D eigenvalue weighted by Gasteiger charge is -2.07. The number of pyridine rings is 1. The second-order valence-corrected chi connectivity index (χ2v) is 5.89. The van der Waals surface area contributed by atoms with Crippen molar-refractivity contribution >= 4 is 46.1 Å². The molecule has 0 aromatic carbocycles. The van der Waals surface area contributed by atoms with Gasteiger partial charge in [-0.25, -0.2) is 4.39 Å². The number of thiophene rings is 1. The van der Waals surface area contributed by atoms with Crippen LogP contribution in [0.1, 0.15) is 9.67 Å². The molecule has 0 spiro atoms. The molecule has 2 heterocycles. The zero-order valence-corrected chi connectivity index (χ0v) is 12.4. The van der Waals surface area contributed by atoms with E-state index in [1.807, 2.05) is 0 Å². The Labute approximate surface area is 127 Å². The number of aryl methyl sites for hydroxylation is 1. The number of rotatable bonds is 4. The van der Waals surface area contributed by atoms with Crippen LogP contribution in [0, 0.1) is 0 Å². The molecule has 1 N–H and O–H groups in total. The van der Waals surface area contributed by atoms with Crippen LogP contribution in [0.4, 0.5) is 10.1 Å². The van der Waals surface area contributed by atoms with Crippen LogP contribution in [0.25, 0.3) is 0 Å². The van der Waals surface area contributed by atoms with Gasteiger partial charge in [-0.15, -0.1) is 11.3 Å². The molecule has 0 radical (unpaired) electrons. The number of amides is 1. The van der Waals surface area contributed by atoms with Crippen molar-refractivity contribution in [2.45, 2.75) is 6.54 Å². The first-order chi connectivity index (χ1) is 9.51. The van der Waals surface area contributed by atoms with Gasteiger partial charge in [-0.05, 0) is 12.1 Å². The molecule has 0 unspecified atom stereocenters. The summed E-state index contributed by atoms with van der Waals surface area (Å²) >= 11 is 12.6. The quantitative estimate of drug-likeness (QED) is 0.931. The minimum Gasteiger partial charge on any atom is -0.320 e. The first kappa shape index (κ1) is 15.0. The molecule has 0 aliphatic heterocycles. The largest absolute Gasteiger partial charge is 0.320 e. The Morgan fingerprint density at radius 2 is 2.15 bits per heavy atom. The summed E-state index contributed by atoms with van der Waals surface area (Å²) in [4.78, 5) is 23.7. The maximum Gasteiger partial charge on any atom is 0.265 e. The van der Waals surface area contributed by atoms with Gasteiger partial charge in [0.1, 0.15) is 11.0 Å². The number of carbonyl (C=O) groups is 1. The molecule has 4 nitrogen and oxygen atoms in total. The molecule has 0 aliphatic rings. The van der Waals surface area contributed by atoms with E-state index in [-0.39, 0.29) is 12.1 Å². The lowest BCUT2D eigenvalue weighted by molar-refractivity contribution is 0.103. The molecular formula is C12H9Cl2FN2O2S. The summed E-state index contributed by atoms with van der Waals surface area (Å²) in [6.45, 7) is -0.716. The van der Waals surface area contributed by atoms with Gasteiger partial charge in [0.2, 0.25) is 0 Å². The Balaban J connectivity index is 2.19.